The molecule has 1 heterocycles. The summed E-state index contributed by atoms with van der Waals surface area (Å²) in [5, 5.41) is 34.3. The Bertz CT molecular complexity index is 1670. The molecule has 0 radical (unpaired) electrons. The molecule has 3 saturated carbocycles. The van der Waals surface area contributed by atoms with Crippen molar-refractivity contribution in [3.05, 3.63) is 88.8 Å². The second-order valence-electron chi connectivity index (χ2n) is 14.2. The summed E-state index contributed by atoms with van der Waals surface area (Å²) in [5.41, 5.74) is 3.60. The molecule has 236 valence electrons. The maximum Gasteiger partial charge on any atom is 0.252 e. The lowest BCUT2D eigenvalue weighted by Gasteiger charge is -2.60. The van der Waals surface area contributed by atoms with E-state index < -0.39 is 17.1 Å². The molecule has 2 amide bonds. The van der Waals surface area contributed by atoms with E-state index in [0.717, 1.165) is 48.2 Å². The monoisotopic (exact) mass is 608 g/mol. The maximum atomic E-state index is 13.1. The predicted octanol–water partition coefficient (Wildman–Crippen LogP) is 4.82. The van der Waals surface area contributed by atoms with E-state index in [1.165, 1.54) is 5.57 Å². The summed E-state index contributed by atoms with van der Waals surface area (Å²) >= 11 is 0. The molecule has 0 aliphatic heterocycles. The number of aromatic nitrogens is 2. The molecule has 3 fully saturated rings. The summed E-state index contributed by atoms with van der Waals surface area (Å²) in [4.78, 5) is 26.1. The van der Waals surface area contributed by atoms with E-state index in [-0.39, 0.29) is 35.0 Å². The number of amides is 2. The van der Waals surface area contributed by atoms with E-state index in [1.807, 2.05) is 79.3 Å². The highest BCUT2D eigenvalue weighted by Gasteiger charge is 2.68. The van der Waals surface area contributed by atoms with Gasteiger partial charge < -0.3 is 20.8 Å². The minimum atomic E-state index is -1.45. The second kappa shape index (κ2) is 11.0. The normalized spacial score (nSPS) is 33.2. The first kappa shape index (κ1) is 29.9. The molecular weight excluding hydrogens is 564 g/mol. The van der Waals surface area contributed by atoms with E-state index in [4.69, 9.17) is 5.10 Å². The Balaban J connectivity index is 1.14. The summed E-state index contributed by atoms with van der Waals surface area (Å²) in [5.74, 6) is 0.0232. The SMILES string of the molecule is CCNC(=O)C1(O)CCC2C3CCC4=Cc5c(cnn5-c5cccc(C(=O)NCc6ccccc6)c5)CC4(C)C3C(O)CC21C. The van der Waals surface area contributed by atoms with Gasteiger partial charge in [-0.2, -0.15) is 5.10 Å². The Hall–Kier alpha value is -3.75. The number of allylic oxidation sites excluding steroid dienone is 1. The average molecular weight is 609 g/mol. The predicted molar refractivity (Wildman–Crippen MR) is 172 cm³/mol. The van der Waals surface area contributed by atoms with Gasteiger partial charge >= 0.3 is 0 Å². The number of nitrogens with one attached hydrogen (secondary N) is 2. The van der Waals surface area contributed by atoms with Crippen LogP contribution in [-0.2, 0) is 17.8 Å². The average Bonchev–Trinajstić information content (AvgIpc) is 3.56. The van der Waals surface area contributed by atoms with Crippen LogP contribution in [0.25, 0.3) is 11.8 Å². The molecule has 7 atom stereocenters. The van der Waals surface area contributed by atoms with Crippen molar-refractivity contribution in [3.63, 3.8) is 0 Å². The van der Waals surface area contributed by atoms with Crippen molar-refractivity contribution in [2.24, 2.45) is 28.6 Å². The fourth-order valence-corrected chi connectivity index (χ4v) is 9.73. The number of carbonyl (C=O) groups excluding carboxylic acids is 2. The molecule has 7 rings (SSSR count). The number of hydrogen-bond acceptors (Lipinski definition) is 5. The fourth-order valence-electron chi connectivity index (χ4n) is 9.73. The fraction of sp³-hybridized carbons (Fsp3) is 0.486. The first-order valence-corrected chi connectivity index (χ1v) is 16.5. The first-order chi connectivity index (χ1) is 21.6. The van der Waals surface area contributed by atoms with Gasteiger partial charge in [-0.25, -0.2) is 4.68 Å². The second-order valence-corrected chi connectivity index (χ2v) is 14.2. The molecule has 45 heavy (non-hydrogen) atoms. The number of rotatable bonds is 6. The third-order valence-corrected chi connectivity index (χ3v) is 11.9. The lowest BCUT2D eigenvalue weighted by Crippen LogP contribution is -2.63. The highest BCUT2D eigenvalue weighted by atomic mass is 16.3. The molecule has 4 aliphatic rings. The van der Waals surface area contributed by atoms with Crippen LogP contribution in [0.3, 0.4) is 0 Å². The van der Waals surface area contributed by atoms with Crippen LogP contribution in [0.1, 0.15) is 80.1 Å². The summed E-state index contributed by atoms with van der Waals surface area (Å²) in [7, 11) is 0. The molecule has 3 aromatic rings. The molecule has 0 bridgehead atoms. The van der Waals surface area contributed by atoms with E-state index >= 15 is 0 Å². The largest absolute Gasteiger partial charge is 0.393 e. The van der Waals surface area contributed by atoms with Crippen molar-refractivity contribution < 1.29 is 19.8 Å². The highest BCUT2D eigenvalue weighted by Crippen LogP contribution is 2.67. The molecule has 0 spiro atoms. The lowest BCUT2D eigenvalue weighted by molar-refractivity contribution is -0.180. The molecule has 7 unspecified atom stereocenters. The molecule has 4 N–H and O–H groups in total. The number of aliphatic hydroxyl groups is 2. The number of fused-ring (bicyclic) bond motifs is 6. The zero-order valence-corrected chi connectivity index (χ0v) is 26.4. The molecular formula is C37H44N4O4. The number of hydrogen-bond donors (Lipinski definition) is 4. The summed E-state index contributed by atoms with van der Waals surface area (Å²) in [6.45, 7) is 7.14. The van der Waals surface area contributed by atoms with Crippen LogP contribution in [0.4, 0.5) is 0 Å². The Morgan fingerprint density at radius 1 is 1.07 bits per heavy atom. The van der Waals surface area contributed by atoms with Crippen molar-refractivity contribution in [2.45, 2.75) is 77.5 Å². The third kappa shape index (κ3) is 4.59. The van der Waals surface area contributed by atoms with Crippen LogP contribution < -0.4 is 10.6 Å². The minimum absolute atomic E-state index is 0.0419. The van der Waals surface area contributed by atoms with Crippen LogP contribution in [0.15, 0.2) is 66.4 Å². The van der Waals surface area contributed by atoms with Gasteiger partial charge in [-0.3, -0.25) is 9.59 Å². The Labute approximate surface area is 264 Å². The van der Waals surface area contributed by atoms with Crippen LogP contribution >= 0.6 is 0 Å². The Kier molecular flexibility index (Phi) is 7.28. The minimum Gasteiger partial charge on any atom is -0.393 e. The lowest BCUT2D eigenvalue weighted by atomic mass is 9.45. The van der Waals surface area contributed by atoms with Crippen molar-refractivity contribution in [2.75, 3.05) is 6.54 Å². The van der Waals surface area contributed by atoms with Gasteiger partial charge in [0, 0.05) is 24.1 Å². The molecule has 4 aliphatic carbocycles. The van der Waals surface area contributed by atoms with Crippen LogP contribution in [0.2, 0.25) is 0 Å². The van der Waals surface area contributed by atoms with Crippen LogP contribution in [0.5, 0.6) is 0 Å². The number of nitrogens with zero attached hydrogens (tertiary/aromatic N) is 2. The first-order valence-electron chi connectivity index (χ1n) is 16.5. The Morgan fingerprint density at radius 2 is 1.87 bits per heavy atom. The van der Waals surface area contributed by atoms with Gasteiger partial charge in [-0.1, -0.05) is 55.8 Å². The molecule has 8 heteroatoms. The smallest absolute Gasteiger partial charge is 0.252 e. The van der Waals surface area contributed by atoms with E-state index in [0.29, 0.717) is 31.5 Å². The summed E-state index contributed by atoms with van der Waals surface area (Å²) < 4.78 is 1.93. The zero-order valence-electron chi connectivity index (χ0n) is 26.4. The van der Waals surface area contributed by atoms with E-state index in [2.05, 4.69) is 23.6 Å². The van der Waals surface area contributed by atoms with Gasteiger partial charge in [0.1, 0.15) is 5.60 Å². The van der Waals surface area contributed by atoms with Gasteiger partial charge in [-0.15, -0.1) is 0 Å². The van der Waals surface area contributed by atoms with Crippen molar-refractivity contribution in [1.82, 2.24) is 20.4 Å². The molecule has 1 aromatic heterocycles. The quantitative estimate of drug-likeness (QED) is 0.320. The van der Waals surface area contributed by atoms with Gasteiger partial charge in [0.15, 0.2) is 0 Å². The van der Waals surface area contributed by atoms with Crippen molar-refractivity contribution in [1.29, 1.82) is 0 Å². The number of aliphatic hydroxyl groups excluding tert-OH is 1. The maximum absolute atomic E-state index is 13.1. The topological polar surface area (TPSA) is 116 Å². The number of likely N-dealkylation sites (N-methyl/N-ethyl adjacent to an activating group) is 1. The van der Waals surface area contributed by atoms with Gasteiger partial charge in [0.05, 0.1) is 23.7 Å². The van der Waals surface area contributed by atoms with Crippen molar-refractivity contribution in [3.8, 4) is 5.69 Å². The van der Waals surface area contributed by atoms with Gasteiger partial charge in [0.25, 0.3) is 11.8 Å². The van der Waals surface area contributed by atoms with Crippen molar-refractivity contribution >= 4 is 17.9 Å². The van der Waals surface area contributed by atoms with Gasteiger partial charge in [0.2, 0.25) is 0 Å². The van der Waals surface area contributed by atoms with E-state index in [1.54, 1.807) is 0 Å². The summed E-state index contributed by atoms with van der Waals surface area (Å²) in [6, 6.07) is 17.5. The van der Waals surface area contributed by atoms with Crippen LogP contribution in [0, 0.1) is 28.6 Å². The number of benzene rings is 2. The third-order valence-electron chi connectivity index (χ3n) is 11.9. The molecule has 0 saturated heterocycles. The highest BCUT2D eigenvalue weighted by molar-refractivity contribution is 5.94. The zero-order chi connectivity index (χ0) is 31.6. The van der Waals surface area contributed by atoms with E-state index in [9.17, 15) is 19.8 Å². The standard InChI is InChI=1S/C37H44N4O4/c1-4-38-34(44)37(45)16-15-29-28-14-13-26-18-30-25(19-35(26,2)32(28)31(42)20-36(29,37)3)22-40-41(30)27-12-8-11-24(17-27)33(43)39-21-23-9-6-5-7-10-23/h5-12,17-18,22,28-29,31-32,42,45H,4,13-16,19-21H2,1-3H3,(H,38,44)(H,39,43). The van der Waals surface area contributed by atoms with Gasteiger partial charge in [-0.05, 0) is 104 Å². The van der Waals surface area contributed by atoms with Crippen LogP contribution in [-0.4, -0.2) is 50.1 Å². The molecule has 8 nitrogen and oxygen atoms in total. The summed E-state index contributed by atoms with van der Waals surface area (Å²) in [6.07, 6.45) is 7.84. The number of carbonyl (C=O) groups is 2. The molecule has 2 aromatic carbocycles. The Morgan fingerprint density at radius 3 is 2.64 bits per heavy atom.